The molecule has 0 spiro atoms. The summed E-state index contributed by atoms with van der Waals surface area (Å²) in [6.45, 7) is 8.79. The number of aromatic nitrogens is 1. The van der Waals surface area contributed by atoms with Crippen LogP contribution in [0.4, 0.5) is 0 Å². The first-order valence-corrected chi connectivity index (χ1v) is 4.48. The van der Waals surface area contributed by atoms with E-state index in [9.17, 15) is 0 Å². The number of pyridine rings is 1. The van der Waals surface area contributed by atoms with Crippen molar-refractivity contribution in [2.75, 3.05) is 0 Å². The Balaban J connectivity index is 3.02. The fraction of sp³-hybridized carbons (Fsp3) is 0.545. The number of aryl methyl sites for hydroxylation is 1. The first-order valence-electron chi connectivity index (χ1n) is 4.48. The van der Waals surface area contributed by atoms with Crippen molar-refractivity contribution in [1.29, 1.82) is 0 Å². The maximum atomic E-state index is 4.22. The third kappa shape index (κ3) is 2.07. The van der Waals surface area contributed by atoms with Crippen LogP contribution >= 0.6 is 0 Å². The second-order valence-electron chi connectivity index (χ2n) is 4.19. The van der Waals surface area contributed by atoms with E-state index in [1.165, 1.54) is 11.1 Å². The molecule has 1 nitrogen and oxygen atoms in total. The summed E-state index contributed by atoms with van der Waals surface area (Å²) in [6, 6.07) is 2.24. The first-order chi connectivity index (χ1) is 5.54. The van der Waals surface area contributed by atoms with E-state index in [0.717, 1.165) is 6.42 Å². The Bertz CT molecular complexity index is 258. The molecule has 0 aliphatic carbocycles. The van der Waals surface area contributed by atoms with Crippen LogP contribution in [0.25, 0.3) is 0 Å². The standard InChI is InChI=1S/C11H17N/c1-5-9-6-10(8-12-7-9)11(2,3)4/h6-8H,5H2,1-4H3. The molecule has 0 amide bonds. The molecule has 1 aromatic rings. The number of rotatable bonds is 1. The van der Waals surface area contributed by atoms with E-state index in [0.29, 0.717) is 0 Å². The third-order valence-electron chi connectivity index (χ3n) is 2.07. The highest BCUT2D eigenvalue weighted by molar-refractivity contribution is 5.24. The van der Waals surface area contributed by atoms with Gasteiger partial charge in [-0.15, -0.1) is 0 Å². The summed E-state index contributed by atoms with van der Waals surface area (Å²) in [6.07, 6.45) is 4.96. The van der Waals surface area contributed by atoms with Crippen molar-refractivity contribution >= 4 is 0 Å². The minimum Gasteiger partial charge on any atom is -0.264 e. The van der Waals surface area contributed by atoms with Crippen LogP contribution in [-0.2, 0) is 11.8 Å². The monoisotopic (exact) mass is 163 g/mol. The SMILES string of the molecule is CCc1cncc(C(C)(C)C)c1. The lowest BCUT2D eigenvalue weighted by atomic mass is 9.87. The van der Waals surface area contributed by atoms with Gasteiger partial charge in [-0.25, -0.2) is 0 Å². The number of hydrogen-bond donors (Lipinski definition) is 0. The molecule has 1 rings (SSSR count). The molecular formula is C11H17N. The third-order valence-corrected chi connectivity index (χ3v) is 2.07. The van der Waals surface area contributed by atoms with Crippen molar-refractivity contribution in [2.24, 2.45) is 0 Å². The fourth-order valence-electron chi connectivity index (χ4n) is 1.09. The second kappa shape index (κ2) is 3.26. The molecule has 1 aromatic heterocycles. The average molecular weight is 163 g/mol. The highest BCUT2D eigenvalue weighted by Crippen LogP contribution is 2.21. The van der Waals surface area contributed by atoms with Crippen molar-refractivity contribution < 1.29 is 0 Å². The van der Waals surface area contributed by atoms with Crippen molar-refractivity contribution in [3.8, 4) is 0 Å². The van der Waals surface area contributed by atoms with Gasteiger partial charge in [0.1, 0.15) is 0 Å². The van der Waals surface area contributed by atoms with Crippen LogP contribution < -0.4 is 0 Å². The molecule has 0 unspecified atom stereocenters. The first kappa shape index (κ1) is 9.24. The smallest absolute Gasteiger partial charge is 0.0305 e. The van der Waals surface area contributed by atoms with Crippen LogP contribution in [0, 0.1) is 0 Å². The maximum Gasteiger partial charge on any atom is 0.0305 e. The lowest BCUT2D eigenvalue weighted by molar-refractivity contribution is 0.586. The molecule has 0 radical (unpaired) electrons. The van der Waals surface area contributed by atoms with Gasteiger partial charge in [0, 0.05) is 12.4 Å². The lowest BCUT2D eigenvalue weighted by Gasteiger charge is -2.18. The van der Waals surface area contributed by atoms with Crippen LogP contribution in [0.5, 0.6) is 0 Å². The average Bonchev–Trinajstić information content (AvgIpc) is 2.03. The Morgan fingerprint density at radius 1 is 1.25 bits per heavy atom. The molecule has 1 heterocycles. The van der Waals surface area contributed by atoms with Gasteiger partial charge in [0.15, 0.2) is 0 Å². The molecule has 0 aliphatic rings. The zero-order valence-corrected chi connectivity index (χ0v) is 8.39. The van der Waals surface area contributed by atoms with Gasteiger partial charge in [0.05, 0.1) is 0 Å². The van der Waals surface area contributed by atoms with Gasteiger partial charge in [-0.05, 0) is 23.0 Å². The molecule has 66 valence electrons. The molecule has 0 N–H and O–H groups in total. The van der Waals surface area contributed by atoms with E-state index < -0.39 is 0 Å². The van der Waals surface area contributed by atoms with Crippen molar-refractivity contribution in [3.63, 3.8) is 0 Å². The van der Waals surface area contributed by atoms with Crippen molar-refractivity contribution in [3.05, 3.63) is 29.6 Å². The van der Waals surface area contributed by atoms with E-state index in [1.54, 1.807) is 0 Å². The molecular weight excluding hydrogens is 146 g/mol. The molecule has 0 fully saturated rings. The molecule has 1 heteroatoms. The van der Waals surface area contributed by atoms with Gasteiger partial charge in [-0.3, -0.25) is 4.98 Å². The lowest BCUT2D eigenvalue weighted by Crippen LogP contribution is -2.11. The Kier molecular flexibility index (Phi) is 2.51. The van der Waals surface area contributed by atoms with Crippen LogP contribution in [0.1, 0.15) is 38.8 Å². The fourth-order valence-corrected chi connectivity index (χ4v) is 1.09. The molecule has 0 atom stereocenters. The minimum atomic E-state index is 0.220. The Hall–Kier alpha value is -0.850. The molecule has 0 saturated carbocycles. The van der Waals surface area contributed by atoms with Crippen LogP contribution in [-0.4, -0.2) is 4.98 Å². The quantitative estimate of drug-likeness (QED) is 0.620. The summed E-state index contributed by atoms with van der Waals surface area (Å²) >= 11 is 0. The van der Waals surface area contributed by atoms with Crippen molar-refractivity contribution in [1.82, 2.24) is 4.98 Å². The van der Waals surface area contributed by atoms with Gasteiger partial charge >= 0.3 is 0 Å². The molecule has 0 aliphatic heterocycles. The second-order valence-corrected chi connectivity index (χ2v) is 4.19. The predicted molar refractivity (Wildman–Crippen MR) is 52.3 cm³/mol. The van der Waals surface area contributed by atoms with Crippen LogP contribution in [0.3, 0.4) is 0 Å². The molecule has 0 bridgehead atoms. The summed E-state index contributed by atoms with van der Waals surface area (Å²) in [5, 5.41) is 0. The minimum absolute atomic E-state index is 0.220. The summed E-state index contributed by atoms with van der Waals surface area (Å²) in [5.41, 5.74) is 2.86. The number of hydrogen-bond acceptors (Lipinski definition) is 1. The van der Waals surface area contributed by atoms with Gasteiger partial charge in [0.2, 0.25) is 0 Å². The Labute approximate surface area is 74.8 Å². The van der Waals surface area contributed by atoms with E-state index in [-0.39, 0.29) is 5.41 Å². The summed E-state index contributed by atoms with van der Waals surface area (Å²) < 4.78 is 0. The van der Waals surface area contributed by atoms with E-state index in [2.05, 4.69) is 38.7 Å². The zero-order chi connectivity index (χ0) is 9.19. The van der Waals surface area contributed by atoms with Gasteiger partial charge in [0.25, 0.3) is 0 Å². The molecule has 0 aromatic carbocycles. The van der Waals surface area contributed by atoms with E-state index in [1.807, 2.05) is 12.4 Å². The largest absolute Gasteiger partial charge is 0.264 e. The van der Waals surface area contributed by atoms with Gasteiger partial charge in [-0.1, -0.05) is 33.8 Å². The normalized spacial score (nSPS) is 11.7. The van der Waals surface area contributed by atoms with Crippen LogP contribution in [0.15, 0.2) is 18.5 Å². The van der Waals surface area contributed by atoms with E-state index in [4.69, 9.17) is 0 Å². The topological polar surface area (TPSA) is 12.9 Å². The summed E-state index contributed by atoms with van der Waals surface area (Å²) in [4.78, 5) is 4.22. The van der Waals surface area contributed by atoms with Crippen LogP contribution in [0.2, 0.25) is 0 Å². The zero-order valence-electron chi connectivity index (χ0n) is 8.39. The highest BCUT2D eigenvalue weighted by atomic mass is 14.6. The van der Waals surface area contributed by atoms with E-state index >= 15 is 0 Å². The van der Waals surface area contributed by atoms with Crippen molar-refractivity contribution in [2.45, 2.75) is 39.5 Å². The van der Waals surface area contributed by atoms with Gasteiger partial charge < -0.3 is 0 Å². The molecule has 0 saturated heterocycles. The maximum absolute atomic E-state index is 4.22. The van der Waals surface area contributed by atoms with Gasteiger partial charge in [-0.2, -0.15) is 0 Å². The summed E-state index contributed by atoms with van der Waals surface area (Å²) in [7, 11) is 0. The highest BCUT2D eigenvalue weighted by Gasteiger charge is 2.13. The predicted octanol–water partition coefficient (Wildman–Crippen LogP) is 2.94. The Morgan fingerprint density at radius 3 is 2.42 bits per heavy atom. The Morgan fingerprint density at radius 2 is 1.92 bits per heavy atom. The number of nitrogens with zero attached hydrogens (tertiary/aromatic N) is 1. The summed E-state index contributed by atoms with van der Waals surface area (Å²) in [5.74, 6) is 0. The molecule has 12 heavy (non-hydrogen) atoms.